The van der Waals surface area contributed by atoms with E-state index < -0.39 is 33.7 Å². The van der Waals surface area contributed by atoms with E-state index >= 15 is 0 Å². The van der Waals surface area contributed by atoms with E-state index in [-0.39, 0.29) is 12.3 Å². The zero-order valence-electron chi connectivity index (χ0n) is 12.6. The number of carboxylic acids is 1. The molecule has 3 rings (SSSR count). The highest BCUT2D eigenvalue weighted by Crippen LogP contribution is 2.53. The lowest BCUT2D eigenvalue weighted by Gasteiger charge is -2.50. The van der Waals surface area contributed by atoms with Crippen molar-refractivity contribution in [2.75, 3.05) is 0 Å². The summed E-state index contributed by atoms with van der Waals surface area (Å²) in [5.41, 5.74) is 5.42. The molecule has 1 aromatic rings. The molecule has 0 radical (unpaired) electrons. The van der Waals surface area contributed by atoms with E-state index in [9.17, 15) is 19.5 Å². The molecule has 0 saturated carbocycles. The van der Waals surface area contributed by atoms with Crippen molar-refractivity contribution >= 4 is 40.9 Å². The number of amides is 2. The average molecular weight is 355 g/mol. The Morgan fingerprint density at radius 2 is 2.17 bits per heavy atom. The first kappa shape index (κ1) is 16.3. The van der Waals surface area contributed by atoms with Gasteiger partial charge in [-0.15, -0.1) is 11.8 Å². The maximum absolute atomic E-state index is 12.4. The van der Waals surface area contributed by atoms with Crippen LogP contribution in [0.4, 0.5) is 0 Å². The maximum Gasteiger partial charge on any atom is 0.327 e. The minimum atomic E-state index is -1.54. The molecule has 4 N–H and O–H groups in total. The summed E-state index contributed by atoms with van der Waals surface area (Å²) in [5, 5.41) is 15.1. The summed E-state index contributed by atoms with van der Waals surface area (Å²) in [6.07, 6.45) is 0.138. The number of carbonyl (C=O) groups excluding carboxylic acids is 2. The molecule has 0 spiro atoms. The van der Waals surface area contributed by atoms with Crippen molar-refractivity contribution in [1.82, 2.24) is 10.2 Å². The summed E-state index contributed by atoms with van der Waals surface area (Å²) in [6, 6.07) is 0.881. The summed E-state index contributed by atoms with van der Waals surface area (Å²) >= 11 is 2.78. The van der Waals surface area contributed by atoms with Crippen molar-refractivity contribution in [1.29, 1.82) is 0 Å². The number of carbonyl (C=O) groups is 3. The van der Waals surface area contributed by atoms with Gasteiger partial charge in [0.25, 0.3) is 5.91 Å². The first-order chi connectivity index (χ1) is 10.7. The fourth-order valence-corrected chi connectivity index (χ4v) is 5.32. The van der Waals surface area contributed by atoms with Crippen molar-refractivity contribution in [3.05, 3.63) is 22.4 Å². The molecule has 1 aromatic heterocycles. The average Bonchev–Trinajstić information content (AvgIpc) is 3.02. The molecule has 2 fully saturated rings. The molecule has 2 saturated heterocycles. The smallest absolute Gasteiger partial charge is 0.327 e. The molecule has 7 nitrogen and oxygen atoms in total. The molecule has 2 aliphatic rings. The van der Waals surface area contributed by atoms with E-state index in [1.807, 2.05) is 16.8 Å². The van der Waals surface area contributed by atoms with Gasteiger partial charge in [0.2, 0.25) is 5.91 Å². The standard InChI is InChI=1S/C14H17N3O4S2/c1-13(2)9(10(19)20)17-11(21)14(15,12(17)23-13)16-8(18)5-7-3-4-22-6-7/h3-4,6,9,12H,5,15H2,1-2H3,(H,16,18)(H,19,20)/t9-,12+,14-/m0/s1. The molecule has 0 aliphatic carbocycles. The van der Waals surface area contributed by atoms with E-state index in [0.717, 1.165) is 5.56 Å². The minimum Gasteiger partial charge on any atom is -0.480 e. The number of thiophene rings is 1. The Morgan fingerprint density at radius 1 is 1.48 bits per heavy atom. The number of nitrogens with zero attached hydrogens (tertiary/aromatic N) is 1. The molecule has 0 aromatic carbocycles. The first-order valence-corrected chi connectivity index (χ1v) is 8.83. The van der Waals surface area contributed by atoms with Crippen LogP contribution in [0.5, 0.6) is 0 Å². The third-order valence-corrected chi connectivity index (χ3v) is 6.49. The van der Waals surface area contributed by atoms with Crippen molar-refractivity contribution < 1.29 is 19.5 Å². The van der Waals surface area contributed by atoms with Crippen LogP contribution in [-0.4, -0.2) is 49.6 Å². The predicted octanol–water partition coefficient (Wildman–Crippen LogP) is 0.209. The second-order valence-corrected chi connectivity index (χ2v) is 8.77. The minimum absolute atomic E-state index is 0.138. The summed E-state index contributed by atoms with van der Waals surface area (Å²) in [7, 11) is 0. The zero-order chi connectivity index (χ0) is 17.0. The van der Waals surface area contributed by atoms with Crippen molar-refractivity contribution in [2.45, 2.75) is 42.1 Å². The second kappa shape index (κ2) is 5.22. The second-order valence-electron chi connectivity index (χ2n) is 6.25. The number of β-lactam (4-membered cyclic amide) rings is 1. The van der Waals surface area contributed by atoms with Gasteiger partial charge >= 0.3 is 5.97 Å². The lowest BCUT2D eigenvalue weighted by Crippen LogP contribution is -2.83. The number of aliphatic carboxylic acids is 1. The number of rotatable bonds is 4. The molecular weight excluding hydrogens is 338 g/mol. The number of hydrogen-bond donors (Lipinski definition) is 3. The van der Waals surface area contributed by atoms with Crippen LogP contribution in [0.15, 0.2) is 16.8 Å². The molecule has 9 heteroatoms. The summed E-state index contributed by atoms with van der Waals surface area (Å²) in [6.45, 7) is 3.52. The number of thioether (sulfide) groups is 1. The van der Waals surface area contributed by atoms with Crippen LogP contribution in [0.3, 0.4) is 0 Å². The highest BCUT2D eigenvalue weighted by molar-refractivity contribution is 8.01. The van der Waals surface area contributed by atoms with Crippen molar-refractivity contribution in [3.8, 4) is 0 Å². The fraction of sp³-hybridized carbons (Fsp3) is 0.500. The quantitative estimate of drug-likeness (QED) is 0.526. The third-order valence-electron chi connectivity index (χ3n) is 4.11. The van der Waals surface area contributed by atoms with Gasteiger partial charge in [0.1, 0.15) is 11.4 Å². The largest absolute Gasteiger partial charge is 0.480 e. The highest BCUT2D eigenvalue weighted by Gasteiger charge is 2.70. The topological polar surface area (TPSA) is 113 Å². The summed E-state index contributed by atoms with van der Waals surface area (Å²) in [4.78, 5) is 37.3. The van der Waals surface area contributed by atoms with Crippen LogP contribution in [0.25, 0.3) is 0 Å². The zero-order valence-corrected chi connectivity index (χ0v) is 14.2. The van der Waals surface area contributed by atoms with Crippen LogP contribution in [-0.2, 0) is 20.8 Å². The lowest BCUT2D eigenvalue weighted by molar-refractivity contribution is -0.168. The monoisotopic (exact) mass is 355 g/mol. The lowest BCUT2D eigenvalue weighted by atomic mass is 9.92. The van der Waals surface area contributed by atoms with Crippen molar-refractivity contribution in [2.24, 2.45) is 5.73 Å². The van der Waals surface area contributed by atoms with E-state index in [1.165, 1.54) is 28.0 Å². The number of carboxylic acid groups (broad SMARTS) is 1. The van der Waals surface area contributed by atoms with Crippen LogP contribution in [0.2, 0.25) is 0 Å². The molecule has 3 heterocycles. The molecule has 2 amide bonds. The van der Waals surface area contributed by atoms with Gasteiger partial charge in [0.05, 0.1) is 6.42 Å². The van der Waals surface area contributed by atoms with Gasteiger partial charge in [-0.3, -0.25) is 15.3 Å². The van der Waals surface area contributed by atoms with Crippen LogP contribution >= 0.6 is 23.1 Å². The van der Waals surface area contributed by atoms with Crippen molar-refractivity contribution in [3.63, 3.8) is 0 Å². The maximum atomic E-state index is 12.4. The Balaban J connectivity index is 1.76. The summed E-state index contributed by atoms with van der Waals surface area (Å²) < 4.78 is -0.675. The van der Waals surface area contributed by atoms with Crippen LogP contribution in [0, 0.1) is 0 Å². The highest BCUT2D eigenvalue weighted by atomic mass is 32.2. The Bertz CT molecular complexity index is 676. The van der Waals surface area contributed by atoms with Gasteiger partial charge in [-0.2, -0.15) is 11.3 Å². The summed E-state index contributed by atoms with van der Waals surface area (Å²) in [5.74, 6) is -1.97. The van der Waals surface area contributed by atoms with Crippen LogP contribution < -0.4 is 11.1 Å². The Morgan fingerprint density at radius 3 is 2.74 bits per heavy atom. The molecule has 3 atom stereocenters. The number of nitrogens with two attached hydrogens (primary N) is 1. The number of nitrogens with one attached hydrogen (secondary N) is 1. The molecule has 0 unspecified atom stereocenters. The number of fused-ring (bicyclic) bond motifs is 1. The van der Waals surface area contributed by atoms with E-state index in [1.54, 1.807) is 13.8 Å². The van der Waals surface area contributed by atoms with Gasteiger partial charge in [-0.05, 0) is 36.2 Å². The molecule has 23 heavy (non-hydrogen) atoms. The predicted molar refractivity (Wildman–Crippen MR) is 86.8 cm³/mol. The molecule has 124 valence electrons. The Hall–Kier alpha value is -1.58. The van der Waals surface area contributed by atoms with E-state index in [2.05, 4.69) is 5.32 Å². The third kappa shape index (κ3) is 2.43. The SMILES string of the molecule is CC1(C)S[C@H]2N(C(=O)[C@]2(N)NC(=O)Cc2ccsc2)[C@H]1C(=O)O. The number of hydrogen-bond acceptors (Lipinski definition) is 6. The van der Waals surface area contributed by atoms with Crippen LogP contribution in [0.1, 0.15) is 19.4 Å². The fourth-order valence-electron chi connectivity index (χ4n) is 3.05. The molecule has 2 aliphatic heterocycles. The van der Waals surface area contributed by atoms with E-state index in [0.29, 0.717) is 0 Å². The first-order valence-electron chi connectivity index (χ1n) is 7.01. The van der Waals surface area contributed by atoms with E-state index in [4.69, 9.17) is 5.73 Å². The van der Waals surface area contributed by atoms with Gasteiger partial charge in [-0.25, -0.2) is 4.79 Å². The van der Waals surface area contributed by atoms with Gasteiger partial charge < -0.3 is 15.3 Å². The molecule has 0 bridgehead atoms. The Kier molecular flexibility index (Phi) is 3.69. The van der Waals surface area contributed by atoms with Gasteiger partial charge in [-0.1, -0.05) is 0 Å². The Labute approximate surface area is 141 Å². The van der Waals surface area contributed by atoms with Gasteiger partial charge in [0.15, 0.2) is 5.66 Å². The van der Waals surface area contributed by atoms with Gasteiger partial charge in [0, 0.05) is 4.75 Å². The normalized spacial score (nSPS) is 31.4. The molecular formula is C14H17N3O4S2.